The van der Waals surface area contributed by atoms with Crippen LogP contribution in [0.5, 0.6) is 0 Å². The summed E-state index contributed by atoms with van der Waals surface area (Å²) < 4.78 is 8.46. The fourth-order valence-corrected chi connectivity index (χ4v) is 5.60. The lowest BCUT2D eigenvalue weighted by Crippen LogP contribution is -2.50. The minimum atomic E-state index is -0.593. The van der Waals surface area contributed by atoms with E-state index in [1.54, 1.807) is 4.90 Å². The highest BCUT2D eigenvalue weighted by atomic mass is 127. The maximum absolute atomic E-state index is 13.3. The number of primary amides is 1. The number of aromatic nitrogens is 2. The number of alkyl halides is 1. The van der Waals surface area contributed by atoms with Crippen molar-refractivity contribution in [3.05, 3.63) is 69.9 Å². The van der Waals surface area contributed by atoms with Crippen LogP contribution >= 0.6 is 34.2 Å². The number of fused-ring (bicyclic) bond motifs is 3. The van der Waals surface area contributed by atoms with Gasteiger partial charge in [-0.3, -0.25) is 9.48 Å². The molecule has 0 saturated carbocycles. The second kappa shape index (κ2) is 9.79. The minimum absolute atomic E-state index is 0.189. The number of benzene rings is 2. The van der Waals surface area contributed by atoms with Crippen LogP contribution in [0.3, 0.4) is 0 Å². The van der Waals surface area contributed by atoms with Gasteiger partial charge in [-0.25, -0.2) is 4.79 Å². The molecule has 3 N–H and O–H groups in total. The summed E-state index contributed by atoms with van der Waals surface area (Å²) in [5.74, 6) is -0.593. The van der Waals surface area contributed by atoms with E-state index < -0.39 is 5.91 Å². The molecule has 2 aliphatic heterocycles. The van der Waals surface area contributed by atoms with Gasteiger partial charge in [-0.05, 0) is 35.7 Å². The summed E-state index contributed by atoms with van der Waals surface area (Å²) in [5, 5.41) is 8.39. The third kappa shape index (κ3) is 4.41. The second-order valence-electron chi connectivity index (χ2n) is 8.70. The number of rotatable bonds is 5. The quantitative estimate of drug-likeness (QED) is 0.323. The van der Waals surface area contributed by atoms with E-state index in [0.29, 0.717) is 46.4 Å². The first-order valence-electron chi connectivity index (χ1n) is 11.4. The highest BCUT2D eigenvalue weighted by Crippen LogP contribution is 2.38. The molecule has 5 rings (SSSR count). The molecule has 1 fully saturated rings. The molecule has 35 heavy (non-hydrogen) atoms. The summed E-state index contributed by atoms with van der Waals surface area (Å²) >= 11 is 8.76. The van der Waals surface area contributed by atoms with Gasteiger partial charge in [0.1, 0.15) is 5.69 Å². The second-order valence-corrected chi connectivity index (χ2v) is 9.87. The molecule has 2 atom stereocenters. The van der Waals surface area contributed by atoms with Gasteiger partial charge in [0.2, 0.25) is 0 Å². The van der Waals surface area contributed by atoms with Gasteiger partial charge >= 0.3 is 6.03 Å². The molecule has 3 aromatic rings. The number of hydrogen-bond acceptors (Lipinski definition) is 4. The molecule has 8 nitrogen and oxygen atoms in total. The monoisotopic (exact) mass is 605 g/mol. The van der Waals surface area contributed by atoms with Crippen molar-refractivity contribution >= 4 is 51.8 Å². The maximum Gasteiger partial charge on any atom is 0.322 e. The molecule has 2 aliphatic rings. The Kier molecular flexibility index (Phi) is 6.73. The average Bonchev–Trinajstić information content (AvgIpc) is 3.48. The minimum Gasteiger partial charge on any atom is -0.377 e. The Morgan fingerprint density at radius 1 is 1.20 bits per heavy atom. The Labute approximate surface area is 221 Å². The zero-order valence-corrected chi connectivity index (χ0v) is 22.0. The van der Waals surface area contributed by atoms with E-state index in [2.05, 4.69) is 27.9 Å². The first-order chi connectivity index (χ1) is 16.9. The van der Waals surface area contributed by atoms with Crippen LogP contribution in [0.1, 0.15) is 40.1 Å². The third-order valence-corrected chi connectivity index (χ3v) is 7.87. The molecule has 10 heteroatoms. The lowest BCUT2D eigenvalue weighted by atomic mass is 10.0. The van der Waals surface area contributed by atoms with Crippen molar-refractivity contribution in [1.82, 2.24) is 14.7 Å². The van der Waals surface area contributed by atoms with Crippen molar-refractivity contribution in [2.45, 2.75) is 36.4 Å². The van der Waals surface area contributed by atoms with Gasteiger partial charge in [0.25, 0.3) is 5.91 Å². The zero-order valence-electron chi connectivity index (χ0n) is 19.1. The number of nitrogens with two attached hydrogens (primary N) is 1. The normalized spacial score (nSPS) is 18.8. The van der Waals surface area contributed by atoms with Crippen LogP contribution in [0, 0.1) is 0 Å². The van der Waals surface area contributed by atoms with Crippen LogP contribution < -0.4 is 11.1 Å². The van der Waals surface area contributed by atoms with Gasteiger partial charge in [0.15, 0.2) is 0 Å². The van der Waals surface area contributed by atoms with E-state index in [1.807, 2.05) is 54.1 Å². The largest absolute Gasteiger partial charge is 0.377 e. The van der Waals surface area contributed by atoms with E-state index in [4.69, 9.17) is 27.2 Å². The number of urea groups is 1. The molecule has 0 radical (unpaired) electrons. The number of carbonyl (C=O) groups excluding carboxylic acids is 2. The summed E-state index contributed by atoms with van der Waals surface area (Å²) in [7, 11) is 0. The van der Waals surface area contributed by atoms with E-state index >= 15 is 0 Å². The molecule has 182 valence electrons. The predicted molar refractivity (Wildman–Crippen MR) is 143 cm³/mol. The van der Waals surface area contributed by atoms with Crippen LogP contribution in [-0.2, 0) is 22.1 Å². The number of amides is 3. The van der Waals surface area contributed by atoms with Crippen molar-refractivity contribution in [3.8, 4) is 11.3 Å². The summed E-state index contributed by atoms with van der Waals surface area (Å²) in [5.41, 5.74) is 10.8. The zero-order chi connectivity index (χ0) is 24.7. The number of nitrogens with one attached hydrogen (secondary N) is 1. The van der Waals surface area contributed by atoms with Gasteiger partial charge in [-0.1, -0.05) is 65.4 Å². The molecule has 1 saturated heterocycles. The first-order valence-corrected chi connectivity index (χ1v) is 13.3. The Balaban J connectivity index is 1.52. The van der Waals surface area contributed by atoms with Crippen LogP contribution in [0.2, 0.25) is 5.02 Å². The maximum atomic E-state index is 13.3. The van der Waals surface area contributed by atoms with E-state index in [1.165, 1.54) is 5.56 Å². The molecular weight excluding hydrogens is 581 g/mol. The number of carbonyl (C=O) groups is 2. The van der Waals surface area contributed by atoms with Crippen LogP contribution in [0.15, 0.2) is 42.5 Å². The number of nitrogens with zero attached hydrogens (tertiary/aromatic N) is 3. The molecule has 3 heterocycles. The smallest absolute Gasteiger partial charge is 0.322 e. The summed E-state index contributed by atoms with van der Waals surface area (Å²) in [6, 6.07) is 12.7. The lowest BCUT2D eigenvalue weighted by molar-refractivity contribution is 0.0993. The number of aryl methyl sites for hydroxylation is 1. The Morgan fingerprint density at radius 3 is 2.60 bits per heavy atom. The standard InChI is InChI=1S/C25H25ClIN5O3/c1-2-15-5-6-16(9-18(15)26)23-22(24(28)33)19-11-31(20-12-35-13-21(20)32(19)30-23)25(34)29-17-7-3-14(10-27)4-8-17/h3-9,20-21H,2,10-13H2,1H3,(H2,28,33)(H,29,34)/t20-,21+/m1/s1. The van der Waals surface area contributed by atoms with Gasteiger partial charge < -0.3 is 20.7 Å². The van der Waals surface area contributed by atoms with Gasteiger partial charge in [0, 0.05) is 20.7 Å². The van der Waals surface area contributed by atoms with Gasteiger partial charge in [-0.2, -0.15) is 5.10 Å². The lowest BCUT2D eigenvalue weighted by Gasteiger charge is -2.37. The van der Waals surface area contributed by atoms with Crippen LogP contribution in [-0.4, -0.2) is 45.9 Å². The fraction of sp³-hybridized carbons (Fsp3) is 0.320. The molecule has 0 spiro atoms. The number of halogens is 2. The first kappa shape index (κ1) is 24.1. The molecular formula is C25H25ClIN5O3. The SMILES string of the molecule is CCc1ccc(-c2nn3c(c2C(N)=O)CN(C(=O)Nc2ccc(CI)cc2)[C@@H]2COC[C@@H]23)cc1Cl. The topological polar surface area (TPSA) is 102 Å². The Hall–Kier alpha value is -2.63. The number of ether oxygens (including phenoxy) is 1. The van der Waals surface area contributed by atoms with Crippen molar-refractivity contribution in [2.75, 3.05) is 18.5 Å². The van der Waals surface area contributed by atoms with Crippen molar-refractivity contribution < 1.29 is 14.3 Å². The Morgan fingerprint density at radius 2 is 1.94 bits per heavy atom. The van der Waals surface area contributed by atoms with Crippen molar-refractivity contribution in [2.24, 2.45) is 5.73 Å². The van der Waals surface area contributed by atoms with Gasteiger partial charge in [-0.15, -0.1) is 0 Å². The highest BCUT2D eigenvalue weighted by Gasteiger charge is 2.44. The fourth-order valence-electron chi connectivity index (χ4n) is 4.77. The highest BCUT2D eigenvalue weighted by molar-refractivity contribution is 14.1. The summed E-state index contributed by atoms with van der Waals surface area (Å²) in [6.07, 6.45) is 0.799. The van der Waals surface area contributed by atoms with Gasteiger partial charge in [0.05, 0.1) is 43.1 Å². The molecule has 0 aliphatic carbocycles. The van der Waals surface area contributed by atoms with Crippen molar-refractivity contribution in [3.63, 3.8) is 0 Å². The molecule has 0 unspecified atom stereocenters. The molecule has 3 amide bonds. The molecule has 2 aromatic carbocycles. The number of anilines is 1. The van der Waals surface area contributed by atoms with Crippen LogP contribution in [0.4, 0.5) is 10.5 Å². The van der Waals surface area contributed by atoms with E-state index in [9.17, 15) is 9.59 Å². The van der Waals surface area contributed by atoms with E-state index in [0.717, 1.165) is 16.4 Å². The molecule has 0 bridgehead atoms. The number of hydrogen-bond donors (Lipinski definition) is 2. The van der Waals surface area contributed by atoms with Crippen LogP contribution in [0.25, 0.3) is 11.3 Å². The predicted octanol–water partition coefficient (Wildman–Crippen LogP) is 4.79. The average molecular weight is 606 g/mol. The molecule has 1 aromatic heterocycles. The summed E-state index contributed by atoms with van der Waals surface area (Å²) in [4.78, 5) is 27.7. The third-order valence-electron chi connectivity index (χ3n) is 6.64. The Bertz CT molecular complexity index is 1290. The van der Waals surface area contributed by atoms with Crippen molar-refractivity contribution in [1.29, 1.82) is 0 Å². The summed E-state index contributed by atoms with van der Waals surface area (Å²) in [6.45, 7) is 3.00. The van der Waals surface area contributed by atoms with E-state index in [-0.39, 0.29) is 24.7 Å².